The lowest BCUT2D eigenvalue weighted by Crippen LogP contribution is -2.33. The molecule has 126 valence electrons. The smallest absolute Gasteiger partial charge is 0.119 e. The summed E-state index contributed by atoms with van der Waals surface area (Å²) in [7, 11) is -1.34. The van der Waals surface area contributed by atoms with Gasteiger partial charge in [-0.15, -0.1) is 0 Å². The van der Waals surface area contributed by atoms with Gasteiger partial charge in [-0.1, -0.05) is 86.4 Å². The topological polar surface area (TPSA) is 20.2 Å². The van der Waals surface area contributed by atoms with E-state index in [1.807, 2.05) is 0 Å². The minimum absolute atomic E-state index is 0.336. The van der Waals surface area contributed by atoms with Gasteiger partial charge >= 0.3 is 0 Å². The Hall–Kier alpha value is -1.90. The molecule has 2 aliphatic rings. The molecule has 4 atom stereocenters. The third-order valence-electron chi connectivity index (χ3n) is 6.43. The Kier molecular flexibility index (Phi) is 2.97. The number of hydrogen-bond donors (Lipinski definition) is 1. The summed E-state index contributed by atoms with van der Waals surface area (Å²) in [5.74, 6) is 0.870. The van der Waals surface area contributed by atoms with Crippen molar-refractivity contribution in [3.8, 4) is 0 Å². The van der Waals surface area contributed by atoms with Crippen molar-refractivity contribution in [2.45, 2.75) is 36.7 Å². The van der Waals surface area contributed by atoms with E-state index in [0.717, 1.165) is 11.1 Å². The molecule has 25 heavy (non-hydrogen) atoms. The third-order valence-corrected chi connectivity index (χ3v) is 9.15. The lowest BCUT2D eigenvalue weighted by atomic mass is 9.81. The maximum atomic E-state index is 12.2. The van der Waals surface area contributed by atoms with E-state index < -0.39 is 13.7 Å². The van der Waals surface area contributed by atoms with E-state index in [4.69, 9.17) is 0 Å². The Morgan fingerprint density at radius 2 is 1.44 bits per heavy atom. The maximum absolute atomic E-state index is 12.2. The molecular formula is C23H24OSi. The second-order valence-corrected chi connectivity index (χ2v) is 14.2. The molecule has 1 N–H and O–H groups in total. The van der Waals surface area contributed by atoms with Crippen LogP contribution in [0.15, 0.2) is 66.7 Å². The zero-order valence-electron chi connectivity index (χ0n) is 15.0. The quantitative estimate of drug-likeness (QED) is 0.608. The molecule has 0 amide bonds. The Bertz CT molecular complexity index is 981. The highest BCUT2D eigenvalue weighted by Gasteiger charge is 2.71. The molecule has 1 saturated carbocycles. The molecule has 1 nitrogen and oxygen atoms in total. The van der Waals surface area contributed by atoms with Crippen LogP contribution < -0.4 is 0 Å². The van der Waals surface area contributed by atoms with Crippen LogP contribution in [-0.4, -0.2) is 13.2 Å². The second kappa shape index (κ2) is 4.84. The van der Waals surface area contributed by atoms with E-state index in [-0.39, 0.29) is 0 Å². The first-order chi connectivity index (χ1) is 11.9. The summed E-state index contributed by atoms with van der Waals surface area (Å²) in [4.78, 5) is 0. The fourth-order valence-corrected chi connectivity index (χ4v) is 8.37. The molecular weight excluding hydrogens is 320 g/mol. The van der Waals surface area contributed by atoms with Crippen molar-refractivity contribution in [3.63, 3.8) is 0 Å². The van der Waals surface area contributed by atoms with Crippen molar-refractivity contribution >= 4 is 18.8 Å². The predicted molar refractivity (Wildman–Crippen MR) is 107 cm³/mol. The van der Waals surface area contributed by atoms with Crippen LogP contribution in [0.3, 0.4) is 0 Å². The largest absolute Gasteiger partial charge is 0.380 e. The van der Waals surface area contributed by atoms with Crippen molar-refractivity contribution in [1.82, 2.24) is 0 Å². The van der Waals surface area contributed by atoms with Gasteiger partial charge in [0.15, 0.2) is 0 Å². The highest BCUT2D eigenvalue weighted by molar-refractivity contribution is 6.78. The molecule has 3 aromatic rings. The molecule has 0 bridgehead atoms. The lowest BCUT2D eigenvalue weighted by Gasteiger charge is -2.32. The van der Waals surface area contributed by atoms with Crippen LogP contribution in [0.1, 0.15) is 22.6 Å². The van der Waals surface area contributed by atoms with Gasteiger partial charge in [-0.2, -0.15) is 0 Å². The molecule has 2 heteroatoms. The molecule has 0 unspecified atom stereocenters. The lowest BCUT2D eigenvalue weighted by molar-refractivity contribution is 0.0639. The third kappa shape index (κ3) is 1.92. The summed E-state index contributed by atoms with van der Waals surface area (Å²) >= 11 is 0. The molecule has 0 spiro atoms. The van der Waals surface area contributed by atoms with E-state index in [0.29, 0.717) is 17.4 Å². The van der Waals surface area contributed by atoms with E-state index in [1.165, 1.54) is 16.3 Å². The highest BCUT2D eigenvalue weighted by atomic mass is 28.3. The fourth-order valence-electron chi connectivity index (χ4n) is 5.49. The molecule has 0 aromatic heterocycles. The minimum atomic E-state index is -1.34. The normalized spacial score (nSPS) is 30.2. The van der Waals surface area contributed by atoms with E-state index in [2.05, 4.69) is 86.4 Å². The SMILES string of the molecule is C[Si](C)(C)[C@@H]1[C@H]2c3ccccc3[C@](O)(c3cccc4ccccc34)[C@H]21. The fraction of sp³-hybridized carbons (Fsp3) is 0.304. The molecule has 2 aliphatic carbocycles. The summed E-state index contributed by atoms with van der Waals surface area (Å²) in [6, 6.07) is 23.4. The van der Waals surface area contributed by atoms with Crippen molar-refractivity contribution in [2.75, 3.05) is 0 Å². The zero-order valence-corrected chi connectivity index (χ0v) is 16.0. The minimum Gasteiger partial charge on any atom is -0.380 e. The average Bonchev–Trinajstić information content (AvgIpc) is 3.32. The number of aliphatic hydroxyl groups is 1. The van der Waals surface area contributed by atoms with Crippen molar-refractivity contribution < 1.29 is 5.11 Å². The van der Waals surface area contributed by atoms with E-state index >= 15 is 0 Å². The second-order valence-electron chi connectivity index (χ2n) is 8.82. The summed E-state index contributed by atoms with van der Waals surface area (Å²) < 4.78 is 0. The summed E-state index contributed by atoms with van der Waals surface area (Å²) in [5, 5.41) is 14.6. The molecule has 0 aliphatic heterocycles. The van der Waals surface area contributed by atoms with Gasteiger partial charge in [-0.05, 0) is 38.9 Å². The van der Waals surface area contributed by atoms with Gasteiger partial charge in [0.2, 0.25) is 0 Å². The number of fused-ring (bicyclic) bond motifs is 4. The first-order valence-electron chi connectivity index (χ1n) is 9.24. The summed E-state index contributed by atoms with van der Waals surface area (Å²) in [6.07, 6.45) is 0. The monoisotopic (exact) mass is 344 g/mol. The van der Waals surface area contributed by atoms with Gasteiger partial charge in [0.1, 0.15) is 5.60 Å². The van der Waals surface area contributed by atoms with Gasteiger partial charge in [0.25, 0.3) is 0 Å². The predicted octanol–water partition coefficient (Wildman–Crippen LogP) is 5.51. The van der Waals surface area contributed by atoms with Gasteiger partial charge in [0.05, 0.1) is 0 Å². The Labute approximate surface area is 150 Å². The summed E-state index contributed by atoms with van der Waals surface area (Å²) in [5.41, 5.74) is 3.41. The molecule has 0 saturated heterocycles. The Morgan fingerprint density at radius 1 is 0.800 bits per heavy atom. The average molecular weight is 345 g/mol. The van der Waals surface area contributed by atoms with Crippen LogP contribution in [0.25, 0.3) is 10.8 Å². The zero-order chi connectivity index (χ0) is 17.4. The van der Waals surface area contributed by atoms with Gasteiger partial charge < -0.3 is 5.11 Å². The number of benzene rings is 3. The highest BCUT2D eigenvalue weighted by Crippen LogP contribution is 2.76. The van der Waals surface area contributed by atoms with Crippen molar-refractivity contribution in [2.24, 2.45) is 5.92 Å². The van der Waals surface area contributed by atoms with Crippen LogP contribution in [-0.2, 0) is 5.60 Å². The van der Waals surface area contributed by atoms with Crippen LogP contribution in [0.5, 0.6) is 0 Å². The van der Waals surface area contributed by atoms with Crippen LogP contribution >= 0.6 is 0 Å². The molecule has 3 aromatic carbocycles. The standard InChI is InChI=1S/C23H24OSi/c1-25(2,3)22-20-17-12-6-7-13-19(17)23(24,21(20)22)18-14-8-10-15-9-4-5-11-16(15)18/h4-14,20-22,24H,1-3H3/t20-,21+,22+,23+/m0/s1. The molecule has 0 heterocycles. The van der Waals surface area contributed by atoms with Crippen molar-refractivity contribution in [1.29, 1.82) is 0 Å². The molecule has 5 rings (SSSR count). The maximum Gasteiger partial charge on any atom is 0.119 e. The molecule has 1 fully saturated rings. The Balaban J connectivity index is 1.79. The molecule has 0 radical (unpaired) electrons. The van der Waals surface area contributed by atoms with Gasteiger partial charge in [-0.3, -0.25) is 0 Å². The van der Waals surface area contributed by atoms with Crippen LogP contribution in [0.2, 0.25) is 25.2 Å². The van der Waals surface area contributed by atoms with Crippen LogP contribution in [0.4, 0.5) is 0 Å². The van der Waals surface area contributed by atoms with Crippen LogP contribution in [0, 0.1) is 5.92 Å². The first-order valence-corrected chi connectivity index (χ1v) is 12.8. The first kappa shape index (κ1) is 15.4. The van der Waals surface area contributed by atoms with Gasteiger partial charge in [0, 0.05) is 14.0 Å². The number of rotatable bonds is 2. The number of hydrogen-bond acceptors (Lipinski definition) is 1. The summed E-state index contributed by atoms with van der Waals surface area (Å²) in [6.45, 7) is 7.34. The van der Waals surface area contributed by atoms with Crippen molar-refractivity contribution in [3.05, 3.63) is 83.4 Å². The van der Waals surface area contributed by atoms with E-state index in [9.17, 15) is 5.11 Å². The Morgan fingerprint density at radius 3 is 2.24 bits per heavy atom. The van der Waals surface area contributed by atoms with E-state index in [1.54, 1.807) is 0 Å². The van der Waals surface area contributed by atoms with Gasteiger partial charge in [-0.25, -0.2) is 0 Å².